The van der Waals surface area contributed by atoms with E-state index >= 15 is 4.39 Å². The second-order valence-corrected chi connectivity index (χ2v) is 8.73. The lowest BCUT2D eigenvalue weighted by Crippen LogP contribution is -2.40. The normalized spacial score (nSPS) is 33.7. The van der Waals surface area contributed by atoms with Gasteiger partial charge in [-0.15, -0.1) is 0 Å². The van der Waals surface area contributed by atoms with Crippen LogP contribution in [0.1, 0.15) is 44.8 Å². The number of halogens is 2. The molecule has 2 N–H and O–H groups in total. The molecule has 0 amide bonds. The minimum absolute atomic E-state index is 0.00795. The summed E-state index contributed by atoms with van der Waals surface area (Å²) in [6.45, 7) is 1.42. The second kappa shape index (κ2) is 9.74. The molecule has 3 unspecified atom stereocenters. The van der Waals surface area contributed by atoms with Gasteiger partial charge >= 0.3 is 0 Å². The van der Waals surface area contributed by atoms with Crippen LogP contribution in [0.25, 0.3) is 11.0 Å². The van der Waals surface area contributed by atoms with Crippen molar-refractivity contribution in [3.63, 3.8) is 0 Å². The number of fused-ring (bicyclic) bond motifs is 1. The van der Waals surface area contributed by atoms with Gasteiger partial charge in [0, 0.05) is 19.4 Å². The van der Waals surface area contributed by atoms with Crippen molar-refractivity contribution in [1.82, 2.24) is 14.5 Å². The molecule has 9 nitrogen and oxygen atoms in total. The molecule has 3 aliphatic heterocycles. The minimum Gasteiger partial charge on any atom is -0.368 e. The zero-order valence-corrected chi connectivity index (χ0v) is 18.5. The van der Waals surface area contributed by atoms with Crippen molar-refractivity contribution < 1.29 is 28.1 Å². The van der Waals surface area contributed by atoms with Crippen molar-refractivity contribution in [3.8, 4) is 0 Å². The largest absolute Gasteiger partial charge is 0.368 e. The van der Waals surface area contributed by atoms with Crippen molar-refractivity contribution in [2.45, 2.75) is 75.7 Å². The van der Waals surface area contributed by atoms with Gasteiger partial charge in [-0.25, -0.2) is 9.37 Å². The average molecular weight is 471 g/mol. The van der Waals surface area contributed by atoms with Gasteiger partial charge in [-0.2, -0.15) is 4.98 Å². The predicted octanol–water partition coefficient (Wildman–Crippen LogP) is 3.36. The van der Waals surface area contributed by atoms with Crippen LogP contribution in [0.4, 0.5) is 10.3 Å². The highest BCUT2D eigenvalue weighted by Gasteiger charge is 2.49. The van der Waals surface area contributed by atoms with E-state index in [0.29, 0.717) is 24.2 Å². The summed E-state index contributed by atoms with van der Waals surface area (Å²) < 4.78 is 46.8. The minimum atomic E-state index is -1.48. The molecule has 0 aliphatic carbocycles. The van der Waals surface area contributed by atoms with Gasteiger partial charge in [0.05, 0.1) is 12.0 Å². The Hall–Kier alpha value is -1.56. The summed E-state index contributed by atoms with van der Waals surface area (Å²) in [6.07, 6.45) is 2.48. The Bertz CT molecular complexity index is 921. The Morgan fingerprint density at radius 2 is 1.88 bits per heavy atom. The Morgan fingerprint density at radius 3 is 2.59 bits per heavy atom. The Kier molecular flexibility index (Phi) is 6.77. The van der Waals surface area contributed by atoms with Crippen LogP contribution in [0.3, 0.4) is 0 Å². The van der Waals surface area contributed by atoms with E-state index in [1.807, 2.05) is 0 Å². The van der Waals surface area contributed by atoms with Crippen LogP contribution < -0.4 is 5.73 Å². The molecule has 5 heterocycles. The molecular weight excluding hydrogens is 443 g/mol. The number of aromatic nitrogens is 3. The first-order chi connectivity index (χ1) is 15.6. The number of hydrogen-bond acceptors (Lipinski definition) is 8. The van der Waals surface area contributed by atoms with Crippen LogP contribution in [0.15, 0.2) is 12.3 Å². The van der Waals surface area contributed by atoms with Gasteiger partial charge in [-0.3, -0.25) is 0 Å². The summed E-state index contributed by atoms with van der Waals surface area (Å²) in [5, 5.41) is 0.775. The lowest BCUT2D eigenvalue weighted by molar-refractivity contribution is -0.220. The second-order valence-electron chi connectivity index (χ2n) is 8.37. The van der Waals surface area contributed by atoms with Crippen LogP contribution in [-0.4, -0.2) is 65.3 Å². The molecule has 3 saturated heterocycles. The van der Waals surface area contributed by atoms with E-state index in [1.54, 1.807) is 16.8 Å². The highest BCUT2D eigenvalue weighted by Crippen LogP contribution is 2.38. The molecule has 0 aromatic carbocycles. The molecule has 0 bridgehead atoms. The van der Waals surface area contributed by atoms with Crippen LogP contribution in [0, 0.1) is 0 Å². The molecule has 5 rings (SSSR count). The molecule has 6 atom stereocenters. The van der Waals surface area contributed by atoms with E-state index < -0.39 is 30.9 Å². The van der Waals surface area contributed by atoms with E-state index in [9.17, 15) is 0 Å². The zero-order chi connectivity index (χ0) is 22.1. The summed E-state index contributed by atoms with van der Waals surface area (Å²) in [6, 6.07) is 1.72. The number of alkyl halides is 1. The van der Waals surface area contributed by atoms with Gasteiger partial charge in [0.2, 0.25) is 5.95 Å². The monoisotopic (exact) mass is 470 g/mol. The van der Waals surface area contributed by atoms with E-state index in [2.05, 4.69) is 9.97 Å². The molecular formula is C21H28ClFN4O5. The maximum absolute atomic E-state index is 15.8. The van der Waals surface area contributed by atoms with Gasteiger partial charge < -0.3 is 34.0 Å². The Balaban J connectivity index is 1.37. The predicted molar refractivity (Wildman–Crippen MR) is 114 cm³/mol. The van der Waals surface area contributed by atoms with Crippen LogP contribution in [0.5, 0.6) is 0 Å². The smallest absolute Gasteiger partial charge is 0.223 e. The summed E-state index contributed by atoms with van der Waals surface area (Å²) in [5.74, 6) is 0.00795. The first-order valence-electron chi connectivity index (χ1n) is 11.2. The maximum atomic E-state index is 15.8. The number of ether oxygens (including phenoxy) is 5. The van der Waals surface area contributed by atoms with Crippen molar-refractivity contribution >= 4 is 28.6 Å². The van der Waals surface area contributed by atoms with E-state index in [0.717, 1.165) is 38.5 Å². The van der Waals surface area contributed by atoms with Gasteiger partial charge in [0.1, 0.15) is 23.0 Å². The standard InChI is InChI=1S/C21H28ClFN4O5/c22-18-12-7-8-27(19(12)26-21(24)25-18)20-16(23)17(32-15-6-2-4-10-29-15)13(31-20)11-30-14-5-1-3-9-28-14/h7-8,13-17,20H,1-6,9-11H2,(H2,24,25,26)/t13-,14?,15?,16-,17-,20?/m1/s1. The summed E-state index contributed by atoms with van der Waals surface area (Å²) in [5.41, 5.74) is 6.17. The molecule has 0 spiro atoms. The molecule has 2 aromatic rings. The molecule has 3 aliphatic rings. The molecule has 176 valence electrons. The molecule has 2 aromatic heterocycles. The topological polar surface area (TPSA) is 103 Å². The SMILES string of the molecule is Nc1nc(Cl)c2ccn(C3O[C@H](COC4CCCCO4)[C@@H](OC4CCCCO4)[C@H]3F)c2n1. The molecule has 3 fully saturated rings. The average Bonchev–Trinajstić information content (AvgIpc) is 3.35. The summed E-state index contributed by atoms with van der Waals surface area (Å²) in [4.78, 5) is 8.20. The fourth-order valence-electron chi connectivity index (χ4n) is 4.47. The van der Waals surface area contributed by atoms with Crippen LogP contribution in [-0.2, 0) is 23.7 Å². The first-order valence-corrected chi connectivity index (χ1v) is 11.6. The summed E-state index contributed by atoms with van der Waals surface area (Å²) >= 11 is 6.19. The third kappa shape index (κ3) is 4.57. The Labute approximate surface area is 190 Å². The fourth-order valence-corrected chi connectivity index (χ4v) is 4.71. The highest BCUT2D eigenvalue weighted by molar-refractivity contribution is 6.34. The molecule has 0 radical (unpaired) electrons. The highest BCUT2D eigenvalue weighted by atomic mass is 35.5. The number of nitrogens with two attached hydrogens (primary N) is 1. The van der Waals surface area contributed by atoms with Crippen molar-refractivity contribution in [2.75, 3.05) is 25.6 Å². The Morgan fingerprint density at radius 1 is 1.12 bits per heavy atom. The number of nitrogens with zero attached hydrogens (tertiary/aromatic N) is 3. The van der Waals surface area contributed by atoms with E-state index in [-0.39, 0.29) is 24.0 Å². The third-order valence-corrected chi connectivity index (χ3v) is 6.40. The van der Waals surface area contributed by atoms with Gasteiger partial charge in [0.15, 0.2) is 25.0 Å². The maximum Gasteiger partial charge on any atom is 0.223 e. The van der Waals surface area contributed by atoms with Crippen molar-refractivity contribution in [3.05, 3.63) is 17.4 Å². The van der Waals surface area contributed by atoms with Crippen molar-refractivity contribution in [1.29, 1.82) is 0 Å². The van der Waals surface area contributed by atoms with E-state index in [4.69, 9.17) is 41.0 Å². The number of hydrogen-bond donors (Lipinski definition) is 1. The lowest BCUT2D eigenvalue weighted by atomic mass is 10.1. The fraction of sp³-hybridized carbons (Fsp3) is 0.714. The number of rotatable bonds is 6. The van der Waals surface area contributed by atoms with Crippen LogP contribution in [0.2, 0.25) is 5.15 Å². The number of nitrogen functional groups attached to an aromatic ring is 1. The van der Waals surface area contributed by atoms with Crippen LogP contribution >= 0.6 is 11.6 Å². The van der Waals surface area contributed by atoms with Gasteiger partial charge in [0.25, 0.3) is 0 Å². The quantitative estimate of drug-likeness (QED) is 0.641. The molecule has 0 saturated carbocycles. The van der Waals surface area contributed by atoms with Gasteiger partial charge in [-0.05, 0) is 44.6 Å². The molecule has 32 heavy (non-hydrogen) atoms. The molecule has 11 heteroatoms. The first kappa shape index (κ1) is 22.2. The lowest BCUT2D eigenvalue weighted by Gasteiger charge is -2.29. The van der Waals surface area contributed by atoms with Gasteiger partial charge in [-0.1, -0.05) is 11.6 Å². The number of anilines is 1. The van der Waals surface area contributed by atoms with Crippen molar-refractivity contribution in [2.24, 2.45) is 0 Å². The van der Waals surface area contributed by atoms with E-state index in [1.165, 1.54) is 0 Å². The zero-order valence-electron chi connectivity index (χ0n) is 17.7. The third-order valence-electron chi connectivity index (χ3n) is 6.11. The summed E-state index contributed by atoms with van der Waals surface area (Å²) in [7, 11) is 0.